The molecule has 0 bridgehead atoms. The first kappa shape index (κ1) is 14.8. The molecule has 0 saturated heterocycles. The minimum absolute atomic E-state index is 0.740. The van der Waals surface area contributed by atoms with E-state index < -0.39 is 0 Å². The summed E-state index contributed by atoms with van der Waals surface area (Å²) in [4.78, 5) is 13.4. The van der Waals surface area contributed by atoms with E-state index in [1.165, 1.54) is 33.6 Å². The summed E-state index contributed by atoms with van der Waals surface area (Å²) in [6.45, 7) is 4.24. The van der Waals surface area contributed by atoms with E-state index in [0.29, 0.717) is 0 Å². The fourth-order valence-corrected chi connectivity index (χ4v) is 4.51. The predicted octanol–water partition coefficient (Wildman–Crippen LogP) is 1.02. The summed E-state index contributed by atoms with van der Waals surface area (Å²) >= 11 is 1.84. The summed E-state index contributed by atoms with van der Waals surface area (Å²) < 4.78 is 1.86. The number of thiophene rings is 1. The third-order valence-corrected chi connectivity index (χ3v) is 5.76. The van der Waals surface area contributed by atoms with Gasteiger partial charge in [-0.25, -0.2) is 9.97 Å². The molecule has 122 valence electrons. The summed E-state index contributed by atoms with van der Waals surface area (Å²) in [7, 11) is 4.30. The SMILES string of the molecule is C[C@H]1CCc2sc3nc(NCC[NH+](C)C)n4ncnc4c3c2C1. The standard InChI is InChI=1S/C16H22N6S/c1-10-4-5-12-11(8-10)13-14-18-9-19-22(14)16(20-15(13)23-12)17-6-7-21(2)3/h9-10H,4-8H2,1-3H3,(H,17,20)/p+1/t10-/m0/s1. The molecule has 0 saturated carbocycles. The molecule has 0 aromatic carbocycles. The van der Waals surface area contributed by atoms with Gasteiger partial charge in [0.05, 0.1) is 32.6 Å². The van der Waals surface area contributed by atoms with Gasteiger partial charge in [0.1, 0.15) is 11.2 Å². The maximum absolute atomic E-state index is 4.86. The lowest BCUT2D eigenvalue weighted by atomic mass is 9.89. The molecule has 1 aliphatic rings. The van der Waals surface area contributed by atoms with Crippen molar-refractivity contribution in [2.24, 2.45) is 5.92 Å². The Balaban J connectivity index is 1.81. The van der Waals surface area contributed by atoms with E-state index >= 15 is 0 Å². The van der Waals surface area contributed by atoms with Crippen LogP contribution in [-0.2, 0) is 12.8 Å². The van der Waals surface area contributed by atoms with Crippen molar-refractivity contribution in [2.45, 2.75) is 26.2 Å². The number of anilines is 1. The monoisotopic (exact) mass is 331 g/mol. The number of nitrogens with one attached hydrogen (secondary N) is 2. The molecule has 0 spiro atoms. The second-order valence-corrected chi connectivity index (χ2v) is 7.93. The van der Waals surface area contributed by atoms with E-state index in [-0.39, 0.29) is 0 Å². The second kappa shape index (κ2) is 5.72. The van der Waals surface area contributed by atoms with Crippen LogP contribution in [0.5, 0.6) is 0 Å². The van der Waals surface area contributed by atoms with Crippen LogP contribution in [-0.4, -0.2) is 46.8 Å². The molecule has 0 amide bonds. The predicted molar refractivity (Wildman–Crippen MR) is 93.5 cm³/mol. The van der Waals surface area contributed by atoms with Crippen LogP contribution in [0.15, 0.2) is 6.33 Å². The summed E-state index contributed by atoms with van der Waals surface area (Å²) in [6.07, 6.45) is 5.22. The summed E-state index contributed by atoms with van der Waals surface area (Å²) in [5.41, 5.74) is 2.40. The highest BCUT2D eigenvalue weighted by Crippen LogP contribution is 2.39. The smallest absolute Gasteiger partial charge is 0.227 e. The van der Waals surface area contributed by atoms with Crippen LogP contribution in [0, 0.1) is 5.92 Å². The molecule has 7 heteroatoms. The largest absolute Gasteiger partial charge is 0.348 e. The van der Waals surface area contributed by atoms with Crippen LogP contribution in [0.3, 0.4) is 0 Å². The number of hydrogen-bond acceptors (Lipinski definition) is 5. The van der Waals surface area contributed by atoms with Gasteiger partial charge in [-0.1, -0.05) is 6.92 Å². The van der Waals surface area contributed by atoms with Crippen molar-refractivity contribution >= 4 is 33.1 Å². The van der Waals surface area contributed by atoms with Gasteiger partial charge in [0.25, 0.3) is 0 Å². The van der Waals surface area contributed by atoms with Crippen LogP contribution in [0.25, 0.3) is 15.9 Å². The number of quaternary nitrogens is 1. The average Bonchev–Trinajstić information content (AvgIpc) is 3.10. The molecule has 1 atom stereocenters. The van der Waals surface area contributed by atoms with Crippen LogP contribution in [0.1, 0.15) is 23.8 Å². The van der Waals surface area contributed by atoms with Crippen LogP contribution < -0.4 is 10.2 Å². The Labute approximate surface area is 139 Å². The van der Waals surface area contributed by atoms with Crippen molar-refractivity contribution in [3.63, 3.8) is 0 Å². The molecule has 6 nitrogen and oxygen atoms in total. The third kappa shape index (κ3) is 2.57. The Morgan fingerprint density at radius 2 is 2.30 bits per heavy atom. The number of aryl methyl sites for hydroxylation is 1. The van der Waals surface area contributed by atoms with Gasteiger partial charge in [0.2, 0.25) is 5.95 Å². The van der Waals surface area contributed by atoms with Gasteiger partial charge in [0, 0.05) is 4.88 Å². The minimum Gasteiger partial charge on any atom is -0.348 e. The van der Waals surface area contributed by atoms with Gasteiger partial charge in [-0.15, -0.1) is 11.3 Å². The van der Waals surface area contributed by atoms with Crippen molar-refractivity contribution in [3.8, 4) is 0 Å². The zero-order valence-corrected chi connectivity index (χ0v) is 14.7. The molecule has 0 fully saturated rings. The van der Waals surface area contributed by atoms with E-state index in [0.717, 1.165) is 41.9 Å². The first-order valence-electron chi connectivity index (χ1n) is 8.30. The van der Waals surface area contributed by atoms with Gasteiger partial charge in [-0.2, -0.15) is 9.61 Å². The molecule has 0 unspecified atom stereocenters. The van der Waals surface area contributed by atoms with E-state index in [4.69, 9.17) is 4.98 Å². The maximum Gasteiger partial charge on any atom is 0.227 e. The molecule has 23 heavy (non-hydrogen) atoms. The fraction of sp³-hybridized carbons (Fsp3) is 0.562. The van der Waals surface area contributed by atoms with Crippen LogP contribution in [0.4, 0.5) is 5.95 Å². The molecule has 2 N–H and O–H groups in total. The molecular formula is C16H23N6S+. The molecule has 1 aliphatic carbocycles. The lowest BCUT2D eigenvalue weighted by Crippen LogP contribution is -3.06. The molecule has 3 aromatic heterocycles. The lowest BCUT2D eigenvalue weighted by Gasteiger charge is -2.17. The Kier molecular flexibility index (Phi) is 3.69. The van der Waals surface area contributed by atoms with Gasteiger partial charge >= 0.3 is 0 Å². The van der Waals surface area contributed by atoms with E-state index in [1.807, 2.05) is 15.9 Å². The first-order chi connectivity index (χ1) is 11.1. The Hall–Kier alpha value is -1.73. The number of nitrogens with zero attached hydrogens (tertiary/aromatic N) is 4. The number of rotatable bonds is 4. The van der Waals surface area contributed by atoms with Gasteiger partial charge < -0.3 is 10.2 Å². The molecule has 0 aliphatic heterocycles. The highest BCUT2D eigenvalue weighted by molar-refractivity contribution is 7.19. The summed E-state index contributed by atoms with van der Waals surface area (Å²) in [5, 5.41) is 9.03. The quantitative estimate of drug-likeness (QED) is 0.749. The maximum atomic E-state index is 4.86. The Bertz CT molecular complexity index is 849. The first-order valence-corrected chi connectivity index (χ1v) is 9.12. The zero-order chi connectivity index (χ0) is 16.0. The highest BCUT2D eigenvalue weighted by atomic mass is 32.1. The van der Waals surface area contributed by atoms with Crippen molar-refractivity contribution in [1.82, 2.24) is 19.6 Å². The lowest BCUT2D eigenvalue weighted by molar-refractivity contribution is -0.856. The van der Waals surface area contributed by atoms with Gasteiger partial charge in [0.15, 0.2) is 5.65 Å². The van der Waals surface area contributed by atoms with Crippen LogP contribution >= 0.6 is 11.3 Å². The normalized spacial score (nSPS) is 18.0. The molecule has 3 heterocycles. The van der Waals surface area contributed by atoms with E-state index in [9.17, 15) is 0 Å². The molecular weight excluding hydrogens is 308 g/mol. The second-order valence-electron chi connectivity index (χ2n) is 6.85. The molecule has 4 rings (SSSR count). The Morgan fingerprint density at radius 3 is 3.13 bits per heavy atom. The van der Waals surface area contributed by atoms with E-state index in [1.54, 1.807) is 6.33 Å². The summed E-state index contributed by atoms with van der Waals surface area (Å²) in [5.74, 6) is 1.54. The van der Waals surface area contributed by atoms with Crippen molar-refractivity contribution < 1.29 is 4.90 Å². The minimum atomic E-state index is 0.740. The number of aromatic nitrogens is 4. The Morgan fingerprint density at radius 1 is 1.43 bits per heavy atom. The fourth-order valence-electron chi connectivity index (χ4n) is 3.30. The number of hydrogen-bond donors (Lipinski definition) is 2. The third-order valence-electron chi connectivity index (χ3n) is 4.58. The number of fused-ring (bicyclic) bond motifs is 5. The molecule has 0 radical (unpaired) electrons. The van der Waals surface area contributed by atoms with Gasteiger partial charge in [-0.3, -0.25) is 0 Å². The van der Waals surface area contributed by atoms with Crippen LogP contribution in [0.2, 0.25) is 0 Å². The topological polar surface area (TPSA) is 59.6 Å². The highest BCUT2D eigenvalue weighted by Gasteiger charge is 2.24. The number of likely N-dealkylation sites (N-methyl/N-ethyl adjacent to an activating group) is 1. The zero-order valence-electron chi connectivity index (χ0n) is 13.9. The average molecular weight is 331 g/mol. The van der Waals surface area contributed by atoms with Crippen molar-refractivity contribution in [1.29, 1.82) is 0 Å². The molecule has 3 aromatic rings. The summed E-state index contributed by atoms with van der Waals surface area (Å²) in [6, 6.07) is 0. The van der Waals surface area contributed by atoms with Crippen molar-refractivity contribution in [3.05, 3.63) is 16.8 Å². The van der Waals surface area contributed by atoms with E-state index in [2.05, 4.69) is 36.4 Å². The van der Waals surface area contributed by atoms with Gasteiger partial charge in [-0.05, 0) is 30.7 Å². The van der Waals surface area contributed by atoms with Crippen molar-refractivity contribution in [2.75, 3.05) is 32.5 Å².